The van der Waals surface area contributed by atoms with Crippen LogP contribution in [0.15, 0.2) is 36.5 Å². The highest BCUT2D eigenvalue weighted by Crippen LogP contribution is 2.20. The largest absolute Gasteiger partial charge is 0.352 e. The van der Waals surface area contributed by atoms with E-state index in [1.807, 2.05) is 12.3 Å². The van der Waals surface area contributed by atoms with Crippen LogP contribution in [0.2, 0.25) is 0 Å². The van der Waals surface area contributed by atoms with E-state index in [-0.39, 0.29) is 11.9 Å². The van der Waals surface area contributed by atoms with Gasteiger partial charge in [-0.1, -0.05) is 18.2 Å². The first kappa shape index (κ1) is 14.0. The number of rotatable bonds is 3. The standard InChI is InChI=1S/C17H21N3O/c1-13(21)19-15-6-4-10-20(12-15)11-14-5-2-8-17-16(14)7-3-9-18-17/h2-3,5,7-9,15H,4,6,10-12H2,1H3,(H,19,21)/t15-/m1/s1. The van der Waals surface area contributed by atoms with Crippen molar-refractivity contribution < 1.29 is 4.79 Å². The van der Waals surface area contributed by atoms with Gasteiger partial charge in [0.1, 0.15) is 0 Å². The number of aromatic nitrogens is 1. The summed E-state index contributed by atoms with van der Waals surface area (Å²) in [6.07, 6.45) is 4.04. The quantitative estimate of drug-likeness (QED) is 0.940. The molecule has 1 amide bonds. The van der Waals surface area contributed by atoms with E-state index in [0.29, 0.717) is 0 Å². The molecule has 0 radical (unpaired) electrons. The van der Waals surface area contributed by atoms with Crippen LogP contribution in [0.3, 0.4) is 0 Å². The number of nitrogens with zero attached hydrogens (tertiary/aromatic N) is 2. The molecule has 1 aromatic carbocycles. The summed E-state index contributed by atoms with van der Waals surface area (Å²) < 4.78 is 0. The van der Waals surface area contributed by atoms with Gasteiger partial charge in [-0.25, -0.2) is 0 Å². The highest BCUT2D eigenvalue weighted by Gasteiger charge is 2.20. The number of fused-ring (bicyclic) bond motifs is 1. The fourth-order valence-electron chi connectivity index (χ4n) is 3.15. The molecule has 2 aromatic rings. The van der Waals surface area contributed by atoms with Gasteiger partial charge in [-0.3, -0.25) is 14.7 Å². The van der Waals surface area contributed by atoms with Gasteiger partial charge in [0.05, 0.1) is 5.52 Å². The number of carbonyl (C=O) groups excluding carboxylic acids is 1. The summed E-state index contributed by atoms with van der Waals surface area (Å²) in [5.41, 5.74) is 2.36. The van der Waals surface area contributed by atoms with E-state index in [1.54, 1.807) is 6.92 Å². The lowest BCUT2D eigenvalue weighted by Gasteiger charge is -2.33. The Balaban J connectivity index is 1.74. The normalized spacial score (nSPS) is 19.6. The number of likely N-dealkylation sites (tertiary alicyclic amines) is 1. The minimum Gasteiger partial charge on any atom is -0.352 e. The van der Waals surface area contributed by atoms with Gasteiger partial charge >= 0.3 is 0 Å². The molecule has 1 aliphatic rings. The van der Waals surface area contributed by atoms with E-state index in [9.17, 15) is 4.79 Å². The fourth-order valence-corrected chi connectivity index (χ4v) is 3.15. The molecule has 0 saturated carbocycles. The van der Waals surface area contributed by atoms with Gasteiger partial charge in [0.15, 0.2) is 0 Å². The second-order valence-corrected chi connectivity index (χ2v) is 5.76. The molecular formula is C17H21N3O. The Labute approximate surface area is 125 Å². The maximum atomic E-state index is 11.2. The molecule has 0 bridgehead atoms. The van der Waals surface area contributed by atoms with E-state index in [2.05, 4.69) is 39.5 Å². The molecule has 0 aliphatic carbocycles. The summed E-state index contributed by atoms with van der Waals surface area (Å²) in [4.78, 5) is 18.1. The third kappa shape index (κ3) is 3.39. The minimum atomic E-state index is 0.0659. The van der Waals surface area contributed by atoms with Crippen molar-refractivity contribution in [2.24, 2.45) is 0 Å². The summed E-state index contributed by atoms with van der Waals surface area (Å²) in [5, 5.41) is 4.27. The molecule has 1 atom stereocenters. The predicted octanol–water partition coefficient (Wildman–Crippen LogP) is 2.34. The fraction of sp³-hybridized carbons (Fsp3) is 0.412. The van der Waals surface area contributed by atoms with Crippen LogP contribution in [0, 0.1) is 0 Å². The number of pyridine rings is 1. The first-order chi connectivity index (χ1) is 10.2. The molecule has 0 spiro atoms. The molecule has 2 heterocycles. The molecule has 0 unspecified atom stereocenters. The summed E-state index contributed by atoms with van der Waals surface area (Å²) in [5.74, 6) is 0.0659. The molecule has 21 heavy (non-hydrogen) atoms. The molecule has 1 aromatic heterocycles. The summed E-state index contributed by atoms with van der Waals surface area (Å²) in [7, 11) is 0. The Hall–Kier alpha value is -1.94. The Kier molecular flexibility index (Phi) is 4.15. The van der Waals surface area contributed by atoms with Crippen molar-refractivity contribution >= 4 is 16.8 Å². The summed E-state index contributed by atoms with van der Waals surface area (Å²) in [6, 6.07) is 10.7. The van der Waals surface area contributed by atoms with Crippen LogP contribution in [-0.4, -0.2) is 34.9 Å². The molecule has 4 nitrogen and oxygen atoms in total. The van der Waals surface area contributed by atoms with Gasteiger partial charge in [0.2, 0.25) is 5.91 Å². The van der Waals surface area contributed by atoms with Crippen molar-refractivity contribution in [2.75, 3.05) is 13.1 Å². The van der Waals surface area contributed by atoms with Crippen molar-refractivity contribution in [1.82, 2.24) is 15.2 Å². The maximum Gasteiger partial charge on any atom is 0.217 e. The Morgan fingerprint density at radius 2 is 2.29 bits per heavy atom. The smallest absolute Gasteiger partial charge is 0.217 e. The van der Waals surface area contributed by atoms with Crippen LogP contribution in [0.4, 0.5) is 0 Å². The number of hydrogen-bond donors (Lipinski definition) is 1. The second-order valence-electron chi connectivity index (χ2n) is 5.76. The van der Waals surface area contributed by atoms with Crippen molar-refractivity contribution in [1.29, 1.82) is 0 Å². The van der Waals surface area contributed by atoms with Crippen LogP contribution < -0.4 is 5.32 Å². The van der Waals surface area contributed by atoms with Gasteiger partial charge in [0, 0.05) is 37.6 Å². The molecule has 1 fully saturated rings. The first-order valence-corrected chi connectivity index (χ1v) is 7.54. The third-order valence-electron chi connectivity index (χ3n) is 4.04. The van der Waals surface area contributed by atoms with Gasteiger partial charge in [-0.15, -0.1) is 0 Å². The number of nitrogens with one attached hydrogen (secondary N) is 1. The number of hydrogen-bond acceptors (Lipinski definition) is 3. The highest BCUT2D eigenvalue weighted by atomic mass is 16.1. The molecule has 1 aliphatic heterocycles. The van der Waals surface area contributed by atoms with Crippen LogP contribution in [0.5, 0.6) is 0 Å². The maximum absolute atomic E-state index is 11.2. The molecule has 4 heteroatoms. The van der Waals surface area contributed by atoms with E-state index in [1.165, 1.54) is 10.9 Å². The monoisotopic (exact) mass is 283 g/mol. The van der Waals surface area contributed by atoms with Crippen molar-refractivity contribution in [3.63, 3.8) is 0 Å². The van der Waals surface area contributed by atoms with Crippen molar-refractivity contribution in [3.05, 3.63) is 42.1 Å². The lowest BCUT2D eigenvalue weighted by Crippen LogP contribution is -2.46. The topological polar surface area (TPSA) is 45.2 Å². The van der Waals surface area contributed by atoms with Gasteiger partial charge in [-0.2, -0.15) is 0 Å². The molecule has 1 saturated heterocycles. The molecule has 1 N–H and O–H groups in total. The average molecular weight is 283 g/mol. The average Bonchev–Trinajstić information content (AvgIpc) is 2.47. The lowest BCUT2D eigenvalue weighted by molar-refractivity contribution is -0.120. The molecule has 110 valence electrons. The Bertz CT molecular complexity index is 635. The van der Waals surface area contributed by atoms with E-state index < -0.39 is 0 Å². The SMILES string of the molecule is CC(=O)N[C@@H]1CCCN(Cc2cccc3ncccc23)C1. The lowest BCUT2D eigenvalue weighted by atomic mass is 10.0. The van der Waals surface area contributed by atoms with E-state index in [4.69, 9.17) is 0 Å². The number of amides is 1. The molecule has 3 rings (SSSR count). The summed E-state index contributed by atoms with van der Waals surface area (Å²) >= 11 is 0. The number of piperidine rings is 1. The van der Waals surface area contributed by atoms with Gasteiger partial charge in [0.25, 0.3) is 0 Å². The minimum absolute atomic E-state index is 0.0659. The van der Waals surface area contributed by atoms with E-state index in [0.717, 1.165) is 38.0 Å². The second kappa shape index (κ2) is 6.22. The molecular weight excluding hydrogens is 262 g/mol. The highest BCUT2D eigenvalue weighted by molar-refractivity contribution is 5.81. The Morgan fingerprint density at radius 3 is 3.14 bits per heavy atom. The first-order valence-electron chi connectivity index (χ1n) is 7.54. The predicted molar refractivity (Wildman–Crippen MR) is 83.9 cm³/mol. The van der Waals surface area contributed by atoms with Crippen LogP contribution in [0.25, 0.3) is 10.9 Å². The van der Waals surface area contributed by atoms with Crippen LogP contribution in [-0.2, 0) is 11.3 Å². The van der Waals surface area contributed by atoms with Crippen LogP contribution in [0.1, 0.15) is 25.3 Å². The van der Waals surface area contributed by atoms with Crippen molar-refractivity contribution in [3.8, 4) is 0 Å². The zero-order chi connectivity index (χ0) is 14.7. The number of carbonyl (C=O) groups is 1. The number of benzene rings is 1. The third-order valence-corrected chi connectivity index (χ3v) is 4.04. The van der Waals surface area contributed by atoms with Gasteiger partial charge < -0.3 is 5.32 Å². The zero-order valence-electron chi connectivity index (χ0n) is 12.4. The van der Waals surface area contributed by atoms with Crippen LogP contribution >= 0.6 is 0 Å². The van der Waals surface area contributed by atoms with Gasteiger partial charge in [-0.05, 0) is 37.1 Å². The summed E-state index contributed by atoms with van der Waals surface area (Å²) in [6.45, 7) is 4.53. The zero-order valence-corrected chi connectivity index (χ0v) is 12.4. The van der Waals surface area contributed by atoms with Crippen molar-refractivity contribution in [2.45, 2.75) is 32.4 Å². The Morgan fingerprint density at radius 1 is 1.38 bits per heavy atom. The van der Waals surface area contributed by atoms with E-state index >= 15 is 0 Å².